The second-order valence-electron chi connectivity index (χ2n) is 6.65. The molecule has 2 aromatic rings. The summed E-state index contributed by atoms with van der Waals surface area (Å²) in [7, 11) is 6.00. The molecule has 1 saturated heterocycles. The number of aromatic nitrogens is 2. The van der Waals surface area contributed by atoms with Gasteiger partial charge in [-0.1, -0.05) is 22.0 Å². The molecule has 3 rings (SSSR count). The highest BCUT2D eigenvalue weighted by Crippen LogP contribution is 2.24. The molecular weight excluding hydrogens is 385 g/mol. The third-order valence-electron chi connectivity index (χ3n) is 4.66. The molecule has 0 N–H and O–H groups in total. The molecular formula is C18H23BrFN5. The van der Waals surface area contributed by atoms with Gasteiger partial charge in [-0.05, 0) is 18.6 Å². The number of likely N-dealkylation sites (N-methyl/N-ethyl adjacent to an activating group) is 1. The Hall–Kier alpha value is -1.73. The molecule has 1 aromatic heterocycles. The van der Waals surface area contributed by atoms with E-state index in [9.17, 15) is 4.39 Å². The summed E-state index contributed by atoms with van der Waals surface area (Å²) in [5, 5.41) is 0. The molecule has 2 heterocycles. The summed E-state index contributed by atoms with van der Waals surface area (Å²) >= 11 is 3.30. The fourth-order valence-corrected chi connectivity index (χ4v) is 3.46. The second-order valence-corrected chi connectivity index (χ2v) is 7.57. The van der Waals surface area contributed by atoms with E-state index in [2.05, 4.69) is 42.7 Å². The molecule has 0 saturated carbocycles. The van der Waals surface area contributed by atoms with Gasteiger partial charge in [0.1, 0.15) is 23.8 Å². The zero-order valence-corrected chi connectivity index (χ0v) is 16.4. The summed E-state index contributed by atoms with van der Waals surface area (Å²) in [5.41, 5.74) is 0.739. The first kappa shape index (κ1) is 18.1. The van der Waals surface area contributed by atoms with Crippen LogP contribution in [0, 0.1) is 5.82 Å². The first-order chi connectivity index (χ1) is 11.9. The van der Waals surface area contributed by atoms with E-state index in [0.717, 1.165) is 41.2 Å². The summed E-state index contributed by atoms with van der Waals surface area (Å²) in [4.78, 5) is 15.1. The van der Waals surface area contributed by atoms with Gasteiger partial charge >= 0.3 is 0 Å². The molecule has 25 heavy (non-hydrogen) atoms. The van der Waals surface area contributed by atoms with Crippen molar-refractivity contribution < 1.29 is 4.39 Å². The Bertz CT molecular complexity index is 739. The molecule has 1 aliphatic heterocycles. The third-order valence-corrected chi connectivity index (χ3v) is 5.16. The average Bonchev–Trinajstić information content (AvgIpc) is 3.05. The van der Waals surface area contributed by atoms with Crippen LogP contribution in [0.5, 0.6) is 0 Å². The van der Waals surface area contributed by atoms with Gasteiger partial charge in [0.05, 0.1) is 0 Å². The van der Waals surface area contributed by atoms with E-state index in [1.54, 1.807) is 6.33 Å². The zero-order chi connectivity index (χ0) is 18.0. The maximum absolute atomic E-state index is 14.1. The Morgan fingerprint density at radius 2 is 1.96 bits per heavy atom. The maximum Gasteiger partial charge on any atom is 0.134 e. The molecule has 7 heteroatoms. The van der Waals surface area contributed by atoms with Gasteiger partial charge in [0.25, 0.3) is 0 Å². The third kappa shape index (κ3) is 4.27. The van der Waals surface area contributed by atoms with Crippen LogP contribution in [-0.4, -0.2) is 55.1 Å². The van der Waals surface area contributed by atoms with E-state index in [4.69, 9.17) is 0 Å². The summed E-state index contributed by atoms with van der Waals surface area (Å²) in [6, 6.07) is 7.63. The molecule has 1 aromatic carbocycles. The lowest BCUT2D eigenvalue weighted by molar-refractivity contribution is 0.320. The summed E-state index contributed by atoms with van der Waals surface area (Å²) in [5.74, 6) is 1.65. The number of nitrogens with zero attached hydrogens (tertiary/aromatic N) is 5. The first-order valence-corrected chi connectivity index (χ1v) is 9.12. The molecule has 0 bridgehead atoms. The summed E-state index contributed by atoms with van der Waals surface area (Å²) < 4.78 is 14.8. The van der Waals surface area contributed by atoms with Crippen LogP contribution in [0.25, 0.3) is 0 Å². The topological polar surface area (TPSA) is 35.5 Å². The van der Waals surface area contributed by atoms with Crippen molar-refractivity contribution >= 4 is 27.6 Å². The van der Waals surface area contributed by atoms with Crippen molar-refractivity contribution in [2.75, 3.05) is 44.0 Å². The predicted molar refractivity (Wildman–Crippen MR) is 103 cm³/mol. The summed E-state index contributed by atoms with van der Waals surface area (Å²) in [6.07, 6.45) is 2.64. The molecule has 0 radical (unpaired) electrons. The monoisotopic (exact) mass is 407 g/mol. The van der Waals surface area contributed by atoms with E-state index in [-0.39, 0.29) is 5.82 Å². The van der Waals surface area contributed by atoms with E-state index >= 15 is 0 Å². The minimum absolute atomic E-state index is 0.155. The normalized spacial score (nSPS) is 17.7. The van der Waals surface area contributed by atoms with Crippen molar-refractivity contribution in [1.29, 1.82) is 0 Å². The predicted octanol–water partition coefficient (Wildman–Crippen LogP) is 3.15. The summed E-state index contributed by atoms with van der Waals surface area (Å²) in [6.45, 7) is 2.49. The van der Waals surface area contributed by atoms with Gasteiger partial charge in [-0.2, -0.15) is 0 Å². The Morgan fingerprint density at radius 3 is 2.68 bits per heavy atom. The van der Waals surface area contributed by atoms with Crippen molar-refractivity contribution in [2.45, 2.75) is 19.0 Å². The molecule has 1 atom stereocenters. The number of hydrogen-bond acceptors (Lipinski definition) is 5. The van der Waals surface area contributed by atoms with Crippen molar-refractivity contribution in [1.82, 2.24) is 14.9 Å². The largest absolute Gasteiger partial charge is 0.363 e. The SMILES string of the molecule is CN(C)c1cc(N(C)C2CCN(Cc3ccc(Br)cc3F)C2)ncn1. The lowest BCUT2D eigenvalue weighted by Gasteiger charge is -2.26. The zero-order valence-electron chi connectivity index (χ0n) is 14.8. The van der Waals surface area contributed by atoms with Crippen LogP contribution >= 0.6 is 15.9 Å². The Morgan fingerprint density at radius 1 is 1.20 bits per heavy atom. The molecule has 0 amide bonds. The molecule has 1 aliphatic rings. The second kappa shape index (κ2) is 7.66. The van der Waals surface area contributed by atoms with Gasteiger partial charge in [-0.15, -0.1) is 0 Å². The van der Waals surface area contributed by atoms with Crippen LogP contribution < -0.4 is 9.80 Å². The number of anilines is 2. The highest BCUT2D eigenvalue weighted by atomic mass is 79.9. The van der Waals surface area contributed by atoms with E-state index < -0.39 is 0 Å². The fourth-order valence-electron chi connectivity index (χ4n) is 3.12. The Kier molecular flexibility index (Phi) is 5.54. The van der Waals surface area contributed by atoms with Crippen molar-refractivity contribution in [3.8, 4) is 0 Å². The van der Waals surface area contributed by atoms with Crippen molar-refractivity contribution in [3.63, 3.8) is 0 Å². The van der Waals surface area contributed by atoms with Crippen molar-refractivity contribution in [2.24, 2.45) is 0 Å². The first-order valence-electron chi connectivity index (χ1n) is 8.32. The Balaban J connectivity index is 1.65. The number of hydrogen-bond donors (Lipinski definition) is 0. The van der Waals surface area contributed by atoms with Gasteiger partial charge in [-0.25, -0.2) is 14.4 Å². The number of likely N-dealkylation sites (tertiary alicyclic amines) is 1. The van der Waals surface area contributed by atoms with Crippen LogP contribution in [0.4, 0.5) is 16.0 Å². The van der Waals surface area contributed by atoms with Crippen LogP contribution in [0.1, 0.15) is 12.0 Å². The van der Waals surface area contributed by atoms with Crippen LogP contribution in [0.15, 0.2) is 35.1 Å². The molecule has 0 spiro atoms. The van der Waals surface area contributed by atoms with Gasteiger partial charge < -0.3 is 9.80 Å². The van der Waals surface area contributed by atoms with Gasteiger partial charge in [-0.3, -0.25) is 4.90 Å². The molecule has 1 fully saturated rings. The van der Waals surface area contributed by atoms with Crippen LogP contribution in [0.3, 0.4) is 0 Å². The standard InChI is InChI=1S/C18H23BrFN5/c1-23(2)17-9-18(22-12-21-17)24(3)15-6-7-25(11-15)10-13-4-5-14(19)8-16(13)20/h4-5,8-9,12,15H,6-7,10-11H2,1-3H3. The number of rotatable bonds is 5. The van der Waals surface area contributed by atoms with E-state index in [1.807, 2.05) is 37.2 Å². The van der Waals surface area contributed by atoms with Gasteiger partial charge in [0.2, 0.25) is 0 Å². The Labute approximate surface area is 156 Å². The quantitative estimate of drug-likeness (QED) is 0.760. The smallest absolute Gasteiger partial charge is 0.134 e. The van der Waals surface area contributed by atoms with E-state index in [1.165, 1.54) is 6.07 Å². The van der Waals surface area contributed by atoms with Crippen LogP contribution in [0.2, 0.25) is 0 Å². The minimum Gasteiger partial charge on any atom is -0.363 e. The molecule has 134 valence electrons. The maximum atomic E-state index is 14.1. The van der Waals surface area contributed by atoms with Crippen molar-refractivity contribution in [3.05, 3.63) is 46.4 Å². The van der Waals surface area contributed by atoms with E-state index in [0.29, 0.717) is 12.6 Å². The highest BCUT2D eigenvalue weighted by Gasteiger charge is 2.27. The van der Waals surface area contributed by atoms with Gasteiger partial charge in [0, 0.05) is 62.9 Å². The van der Waals surface area contributed by atoms with Crippen LogP contribution in [-0.2, 0) is 6.54 Å². The number of benzene rings is 1. The fraction of sp³-hybridized carbons (Fsp3) is 0.444. The molecule has 5 nitrogen and oxygen atoms in total. The molecule has 1 unspecified atom stereocenters. The molecule has 0 aliphatic carbocycles. The highest BCUT2D eigenvalue weighted by molar-refractivity contribution is 9.10. The lowest BCUT2D eigenvalue weighted by atomic mass is 10.2. The lowest BCUT2D eigenvalue weighted by Crippen LogP contribution is -2.35. The number of halogens is 2. The average molecular weight is 408 g/mol. The van der Waals surface area contributed by atoms with Gasteiger partial charge in [0.15, 0.2) is 0 Å². The minimum atomic E-state index is -0.155.